The number of hydrogen-bond donors (Lipinski definition) is 1. The molecule has 0 saturated heterocycles. The summed E-state index contributed by atoms with van der Waals surface area (Å²) in [5.41, 5.74) is 1.35. The molecule has 0 saturated carbocycles. The van der Waals surface area contributed by atoms with E-state index in [-0.39, 0.29) is 6.42 Å². The number of ether oxygens (including phenoxy) is 2. The summed E-state index contributed by atoms with van der Waals surface area (Å²) in [6.07, 6.45) is -0.794. The number of carbonyl (C=O) groups is 2. The number of para-hydroxylation sites is 2. The molecule has 2 rings (SSSR count). The lowest BCUT2D eigenvalue weighted by molar-refractivity contribution is -0.152. The number of esters is 1. The van der Waals surface area contributed by atoms with Crippen molar-refractivity contribution >= 4 is 33.5 Å². The Morgan fingerprint density at radius 3 is 2.46 bits per heavy atom. The fourth-order valence-corrected chi connectivity index (χ4v) is 2.31. The molecule has 0 unspecified atom stereocenters. The number of halogens is 1. The van der Waals surface area contributed by atoms with Crippen LogP contribution in [0.5, 0.6) is 5.75 Å². The van der Waals surface area contributed by atoms with Gasteiger partial charge in [0, 0.05) is 4.47 Å². The first-order chi connectivity index (χ1) is 11.5. The van der Waals surface area contributed by atoms with Crippen LogP contribution in [0.2, 0.25) is 0 Å². The van der Waals surface area contributed by atoms with Crippen molar-refractivity contribution in [2.24, 2.45) is 0 Å². The van der Waals surface area contributed by atoms with E-state index in [9.17, 15) is 9.59 Å². The number of methoxy groups -OCH3 is 1. The number of carbonyl (C=O) groups excluding carboxylic acids is 2. The fraction of sp³-hybridized carbons (Fsp3) is 0.222. The number of rotatable bonds is 6. The van der Waals surface area contributed by atoms with Gasteiger partial charge in [-0.25, -0.2) is 0 Å². The molecule has 0 radical (unpaired) electrons. The van der Waals surface area contributed by atoms with Crippen molar-refractivity contribution in [3.8, 4) is 5.75 Å². The molecule has 6 heteroatoms. The smallest absolute Gasteiger partial charge is 0.311 e. The molecule has 0 fully saturated rings. The van der Waals surface area contributed by atoms with Gasteiger partial charge in [0.15, 0.2) is 6.10 Å². The highest BCUT2D eigenvalue weighted by Gasteiger charge is 2.19. The summed E-state index contributed by atoms with van der Waals surface area (Å²) in [5.74, 6) is -0.331. The van der Waals surface area contributed by atoms with Crippen LogP contribution in [0.3, 0.4) is 0 Å². The Labute approximate surface area is 149 Å². The molecule has 2 aromatic rings. The van der Waals surface area contributed by atoms with Crippen LogP contribution in [0.1, 0.15) is 12.5 Å². The zero-order chi connectivity index (χ0) is 17.5. The van der Waals surface area contributed by atoms with Crippen molar-refractivity contribution in [3.63, 3.8) is 0 Å². The van der Waals surface area contributed by atoms with Gasteiger partial charge in [-0.05, 0) is 36.8 Å². The Kier molecular flexibility index (Phi) is 6.37. The topological polar surface area (TPSA) is 64.6 Å². The zero-order valence-electron chi connectivity index (χ0n) is 13.4. The molecule has 24 heavy (non-hydrogen) atoms. The summed E-state index contributed by atoms with van der Waals surface area (Å²) in [6, 6.07) is 14.4. The summed E-state index contributed by atoms with van der Waals surface area (Å²) < 4.78 is 11.3. The summed E-state index contributed by atoms with van der Waals surface area (Å²) in [4.78, 5) is 24.1. The Balaban J connectivity index is 1.91. The van der Waals surface area contributed by atoms with E-state index >= 15 is 0 Å². The van der Waals surface area contributed by atoms with Crippen LogP contribution in [0.15, 0.2) is 53.0 Å². The predicted molar refractivity (Wildman–Crippen MR) is 95.0 cm³/mol. The largest absolute Gasteiger partial charge is 0.495 e. The van der Waals surface area contributed by atoms with Crippen molar-refractivity contribution in [2.45, 2.75) is 19.4 Å². The molecule has 0 spiro atoms. The van der Waals surface area contributed by atoms with Crippen LogP contribution in [-0.2, 0) is 20.7 Å². The molecule has 0 aliphatic carbocycles. The molecule has 1 atom stereocenters. The first-order valence-electron chi connectivity index (χ1n) is 7.37. The standard InChI is InChI=1S/C18H18BrNO4/c1-12(18(22)20-15-5-3-4-6-16(15)23-2)24-17(21)11-13-7-9-14(19)10-8-13/h3-10,12H,11H2,1-2H3,(H,20,22)/t12-/m0/s1. The highest BCUT2D eigenvalue weighted by molar-refractivity contribution is 9.10. The fourth-order valence-electron chi connectivity index (χ4n) is 2.04. The third-order valence-corrected chi connectivity index (χ3v) is 3.83. The molecule has 0 heterocycles. The van der Waals surface area contributed by atoms with E-state index in [1.807, 2.05) is 24.3 Å². The SMILES string of the molecule is COc1ccccc1NC(=O)[C@H](C)OC(=O)Cc1ccc(Br)cc1. The lowest BCUT2D eigenvalue weighted by Crippen LogP contribution is -2.30. The third-order valence-electron chi connectivity index (χ3n) is 3.30. The maximum Gasteiger partial charge on any atom is 0.311 e. The Morgan fingerprint density at radius 2 is 1.79 bits per heavy atom. The summed E-state index contributed by atoms with van der Waals surface area (Å²) in [7, 11) is 1.52. The molecule has 0 aromatic heterocycles. The zero-order valence-corrected chi connectivity index (χ0v) is 15.0. The first kappa shape index (κ1) is 18.0. The lowest BCUT2D eigenvalue weighted by Gasteiger charge is -2.15. The van der Waals surface area contributed by atoms with Gasteiger partial charge >= 0.3 is 5.97 Å². The van der Waals surface area contributed by atoms with Crippen molar-refractivity contribution in [2.75, 3.05) is 12.4 Å². The van der Waals surface area contributed by atoms with Gasteiger partial charge in [0.25, 0.3) is 5.91 Å². The highest BCUT2D eigenvalue weighted by atomic mass is 79.9. The van der Waals surface area contributed by atoms with E-state index in [4.69, 9.17) is 9.47 Å². The molecule has 1 amide bonds. The van der Waals surface area contributed by atoms with Gasteiger partial charge in [-0.2, -0.15) is 0 Å². The van der Waals surface area contributed by atoms with E-state index < -0.39 is 18.0 Å². The summed E-state index contributed by atoms with van der Waals surface area (Å²) in [5, 5.41) is 2.69. The Bertz CT molecular complexity index is 715. The minimum Gasteiger partial charge on any atom is -0.495 e. The van der Waals surface area contributed by atoms with E-state index in [2.05, 4.69) is 21.2 Å². The Hall–Kier alpha value is -2.34. The summed E-state index contributed by atoms with van der Waals surface area (Å²) in [6.45, 7) is 1.53. The second kappa shape index (κ2) is 8.49. The minimum absolute atomic E-state index is 0.111. The maximum absolute atomic E-state index is 12.2. The molecule has 2 aromatic carbocycles. The van der Waals surface area contributed by atoms with E-state index in [0.29, 0.717) is 11.4 Å². The number of amides is 1. The van der Waals surface area contributed by atoms with Gasteiger partial charge in [0.2, 0.25) is 0 Å². The normalized spacial score (nSPS) is 11.5. The van der Waals surface area contributed by atoms with E-state index in [0.717, 1.165) is 10.0 Å². The van der Waals surface area contributed by atoms with E-state index in [1.54, 1.807) is 24.3 Å². The summed E-state index contributed by atoms with van der Waals surface area (Å²) >= 11 is 3.33. The molecular weight excluding hydrogens is 374 g/mol. The number of anilines is 1. The van der Waals surface area contributed by atoms with Crippen LogP contribution in [0, 0.1) is 0 Å². The number of nitrogens with one attached hydrogen (secondary N) is 1. The van der Waals surface area contributed by atoms with Crippen LogP contribution in [0.25, 0.3) is 0 Å². The van der Waals surface area contributed by atoms with Gasteiger partial charge in [-0.15, -0.1) is 0 Å². The molecule has 5 nitrogen and oxygen atoms in total. The molecule has 126 valence electrons. The lowest BCUT2D eigenvalue weighted by atomic mass is 10.1. The number of benzene rings is 2. The average Bonchev–Trinajstić information content (AvgIpc) is 2.57. The minimum atomic E-state index is -0.905. The van der Waals surface area contributed by atoms with Crippen molar-refractivity contribution in [3.05, 3.63) is 58.6 Å². The van der Waals surface area contributed by atoms with Crippen LogP contribution >= 0.6 is 15.9 Å². The number of hydrogen-bond acceptors (Lipinski definition) is 4. The van der Waals surface area contributed by atoms with Gasteiger partial charge in [-0.3, -0.25) is 9.59 Å². The van der Waals surface area contributed by atoms with Gasteiger partial charge < -0.3 is 14.8 Å². The quantitative estimate of drug-likeness (QED) is 0.764. The van der Waals surface area contributed by atoms with Crippen molar-refractivity contribution in [1.29, 1.82) is 0 Å². The first-order valence-corrected chi connectivity index (χ1v) is 8.16. The van der Waals surface area contributed by atoms with Crippen LogP contribution < -0.4 is 10.1 Å². The second-order valence-electron chi connectivity index (χ2n) is 5.12. The van der Waals surface area contributed by atoms with Gasteiger partial charge in [0.05, 0.1) is 19.2 Å². The van der Waals surface area contributed by atoms with Crippen molar-refractivity contribution < 1.29 is 19.1 Å². The molecule has 1 N–H and O–H groups in total. The second-order valence-corrected chi connectivity index (χ2v) is 6.04. The molecule has 0 aliphatic rings. The predicted octanol–water partition coefficient (Wildman–Crippen LogP) is 3.57. The van der Waals surface area contributed by atoms with Crippen molar-refractivity contribution in [1.82, 2.24) is 0 Å². The molecular formula is C18H18BrNO4. The maximum atomic E-state index is 12.2. The Morgan fingerprint density at radius 1 is 1.12 bits per heavy atom. The molecule has 0 aliphatic heterocycles. The molecule has 0 bridgehead atoms. The van der Waals surface area contributed by atoms with Gasteiger partial charge in [0.1, 0.15) is 5.75 Å². The monoisotopic (exact) mass is 391 g/mol. The van der Waals surface area contributed by atoms with Crippen LogP contribution in [-0.4, -0.2) is 25.1 Å². The van der Waals surface area contributed by atoms with Crippen LogP contribution in [0.4, 0.5) is 5.69 Å². The third kappa shape index (κ3) is 5.09. The van der Waals surface area contributed by atoms with E-state index in [1.165, 1.54) is 14.0 Å². The van der Waals surface area contributed by atoms with Gasteiger partial charge in [-0.1, -0.05) is 40.2 Å². The average molecular weight is 392 g/mol. The highest BCUT2D eigenvalue weighted by Crippen LogP contribution is 2.23.